The zero-order valence-corrected chi connectivity index (χ0v) is 26.6. The van der Waals surface area contributed by atoms with E-state index in [-0.39, 0.29) is 11.8 Å². The Morgan fingerprint density at radius 1 is 0.447 bits per heavy atom. The van der Waals surface area contributed by atoms with E-state index >= 15 is 0 Å². The molecule has 4 nitrogen and oxygen atoms in total. The van der Waals surface area contributed by atoms with Gasteiger partial charge in [0, 0.05) is 17.8 Å². The molecule has 0 heterocycles. The number of benzene rings is 6. The van der Waals surface area contributed by atoms with E-state index in [0.29, 0.717) is 12.8 Å². The fourth-order valence-corrected chi connectivity index (χ4v) is 9.78. The third kappa shape index (κ3) is 4.52. The second kappa shape index (κ2) is 10.7. The highest BCUT2D eigenvalue weighted by molar-refractivity contribution is 7.46. The molecule has 47 heavy (non-hydrogen) atoms. The molecule has 0 unspecified atom stereocenters. The fraction of sp³-hybridized carbons (Fsp3) is 0.143. The molecule has 0 fully saturated rings. The van der Waals surface area contributed by atoms with E-state index in [1.807, 2.05) is 24.3 Å². The third-order valence-corrected chi connectivity index (χ3v) is 11.3. The van der Waals surface area contributed by atoms with Gasteiger partial charge in [-0.25, -0.2) is 4.57 Å². The van der Waals surface area contributed by atoms with Crippen LogP contribution < -0.4 is 0 Å². The lowest BCUT2D eigenvalue weighted by atomic mass is 9.68. The maximum absolute atomic E-state index is 13.4. The van der Waals surface area contributed by atoms with Crippen LogP contribution in [0.15, 0.2) is 146 Å². The molecule has 6 aromatic carbocycles. The smallest absolute Gasteiger partial charge is 0.303 e. The van der Waals surface area contributed by atoms with Gasteiger partial charge in [-0.15, -0.1) is 0 Å². The molecular weight excluding hydrogens is 599 g/mol. The van der Waals surface area contributed by atoms with Crippen molar-refractivity contribution in [2.45, 2.75) is 36.2 Å². The molecule has 0 aliphatic heterocycles. The molecule has 5 heteroatoms. The summed E-state index contributed by atoms with van der Waals surface area (Å²) < 4.78 is 19.9. The SMILES string of the molecule is O=P(O)(O)OC(CC1c2ccccc2-c2ccccc21)(CC1c2ccccc2-c2ccccc21)C1c2ccccc2-c2ccccc21. The van der Waals surface area contributed by atoms with Crippen molar-refractivity contribution in [1.82, 2.24) is 0 Å². The monoisotopic (exact) mass is 632 g/mol. The van der Waals surface area contributed by atoms with Crippen LogP contribution in [0.1, 0.15) is 64.0 Å². The van der Waals surface area contributed by atoms with Crippen LogP contribution in [0.3, 0.4) is 0 Å². The normalized spacial score (nSPS) is 15.1. The van der Waals surface area contributed by atoms with Crippen LogP contribution in [-0.4, -0.2) is 15.4 Å². The zero-order chi connectivity index (χ0) is 31.8. The Morgan fingerprint density at radius 2 is 0.702 bits per heavy atom. The quantitative estimate of drug-likeness (QED) is 0.172. The van der Waals surface area contributed by atoms with Crippen LogP contribution >= 0.6 is 7.82 Å². The fourth-order valence-electron chi connectivity index (χ4n) is 9.06. The molecule has 0 aromatic heterocycles. The molecular formula is C42H33O4P. The van der Waals surface area contributed by atoms with Gasteiger partial charge in [-0.3, -0.25) is 4.52 Å². The summed E-state index contributed by atoms with van der Waals surface area (Å²) >= 11 is 0. The Hall–Kier alpha value is -4.57. The first-order chi connectivity index (χ1) is 22.9. The van der Waals surface area contributed by atoms with Gasteiger partial charge in [0.2, 0.25) is 0 Å². The minimum atomic E-state index is -5.01. The van der Waals surface area contributed by atoms with Gasteiger partial charge in [0.05, 0.1) is 5.60 Å². The maximum atomic E-state index is 13.4. The zero-order valence-electron chi connectivity index (χ0n) is 25.7. The van der Waals surface area contributed by atoms with Gasteiger partial charge in [0.25, 0.3) is 0 Å². The van der Waals surface area contributed by atoms with Crippen molar-refractivity contribution >= 4 is 7.82 Å². The van der Waals surface area contributed by atoms with Crippen molar-refractivity contribution in [3.63, 3.8) is 0 Å². The number of phosphoric acid groups is 1. The maximum Gasteiger partial charge on any atom is 0.470 e. The van der Waals surface area contributed by atoms with Crippen LogP contribution in [0, 0.1) is 0 Å². The molecule has 3 aliphatic rings. The molecule has 2 N–H and O–H groups in total. The van der Waals surface area contributed by atoms with E-state index in [0.717, 1.165) is 22.3 Å². The standard InChI is InChI=1S/C42H33O4P/c43-47(44,45)46-42(41-37-23-11-9-17-31(37)32-18-10-12-24-38(32)41,25-39-33-19-5-1-13-27(33)28-14-2-6-20-34(28)39)26-40-35-21-7-3-15-29(35)30-16-4-8-22-36(30)40/h1-24,39-41H,25-26H2,(H2,43,44,45). The molecule has 0 saturated heterocycles. The molecule has 0 atom stereocenters. The first-order valence-corrected chi connectivity index (χ1v) is 17.8. The average molecular weight is 633 g/mol. The first kappa shape index (κ1) is 28.6. The van der Waals surface area contributed by atoms with Gasteiger partial charge < -0.3 is 9.79 Å². The number of hydrogen-bond acceptors (Lipinski definition) is 2. The van der Waals surface area contributed by atoms with E-state index in [1.54, 1.807) is 0 Å². The third-order valence-electron chi connectivity index (χ3n) is 10.7. The number of hydrogen-bond donors (Lipinski definition) is 2. The average Bonchev–Trinajstić information content (AvgIpc) is 3.71. The molecule has 0 spiro atoms. The van der Waals surface area contributed by atoms with Gasteiger partial charge in [-0.2, -0.15) is 0 Å². The number of fused-ring (bicyclic) bond motifs is 9. The molecule has 0 bridgehead atoms. The summed E-state index contributed by atoms with van der Waals surface area (Å²) in [5.41, 5.74) is 12.3. The Bertz CT molecular complexity index is 2000. The highest BCUT2D eigenvalue weighted by Gasteiger charge is 2.54. The highest BCUT2D eigenvalue weighted by Crippen LogP contribution is 2.63. The van der Waals surface area contributed by atoms with Crippen LogP contribution in [-0.2, 0) is 9.09 Å². The van der Waals surface area contributed by atoms with Gasteiger partial charge in [-0.05, 0) is 79.6 Å². The van der Waals surface area contributed by atoms with Gasteiger partial charge >= 0.3 is 7.82 Å². The van der Waals surface area contributed by atoms with Crippen molar-refractivity contribution in [1.29, 1.82) is 0 Å². The molecule has 0 saturated carbocycles. The topological polar surface area (TPSA) is 66.8 Å². The molecule has 9 rings (SSSR count). The first-order valence-electron chi connectivity index (χ1n) is 16.2. The van der Waals surface area contributed by atoms with Crippen molar-refractivity contribution < 1.29 is 18.9 Å². The molecule has 0 amide bonds. The second-order valence-corrected chi connectivity index (χ2v) is 14.3. The Kier molecular flexibility index (Phi) is 6.54. The summed E-state index contributed by atoms with van der Waals surface area (Å²) in [6, 6.07) is 50.4. The van der Waals surface area contributed by atoms with Crippen molar-refractivity contribution in [2.24, 2.45) is 0 Å². The molecule has 0 radical (unpaired) electrons. The summed E-state index contributed by atoms with van der Waals surface area (Å²) in [4.78, 5) is 21.9. The predicted molar refractivity (Wildman–Crippen MR) is 186 cm³/mol. The molecule has 3 aliphatic carbocycles. The van der Waals surface area contributed by atoms with E-state index in [9.17, 15) is 14.4 Å². The van der Waals surface area contributed by atoms with Crippen molar-refractivity contribution in [3.8, 4) is 33.4 Å². The van der Waals surface area contributed by atoms with Gasteiger partial charge in [0.15, 0.2) is 0 Å². The largest absolute Gasteiger partial charge is 0.470 e. The summed E-state index contributed by atoms with van der Waals surface area (Å²) in [5, 5.41) is 0. The van der Waals surface area contributed by atoms with Gasteiger partial charge in [-0.1, -0.05) is 146 Å². The minimum Gasteiger partial charge on any atom is -0.303 e. The van der Waals surface area contributed by atoms with Crippen molar-refractivity contribution in [2.75, 3.05) is 0 Å². The molecule has 230 valence electrons. The van der Waals surface area contributed by atoms with Crippen LogP contribution in [0.4, 0.5) is 0 Å². The van der Waals surface area contributed by atoms with E-state index in [2.05, 4.69) is 121 Å². The van der Waals surface area contributed by atoms with E-state index in [1.165, 1.54) is 44.5 Å². The minimum absolute atomic E-state index is 0.124. The Balaban J connectivity index is 1.31. The lowest BCUT2D eigenvalue weighted by molar-refractivity contribution is -0.0000245. The van der Waals surface area contributed by atoms with Crippen LogP contribution in [0.2, 0.25) is 0 Å². The van der Waals surface area contributed by atoms with E-state index in [4.69, 9.17) is 4.52 Å². The molecule has 6 aromatic rings. The highest BCUT2D eigenvalue weighted by atomic mass is 31.2. The number of rotatable bonds is 7. The van der Waals surface area contributed by atoms with Gasteiger partial charge in [0.1, 0.15) is 0 Å². The summed E-state index contributed by atoms with van der Waals surface area (Å²) in [7, 11) is -5.01. The summed E-state index contributed by atoms with van der Waals surface area (Å²) in [5.74, 6) is -0.663. The van der Waals surface area contributed by atoms with E-state index < -0.39 is 19.3 Å². The second-order valence-electron chi connectivity index (χ2n) is 13.1. The predicted octanol–water partition coefficient (Wildman–Crippen LogP) is 10.1. The van der Waals surface area contributed by atoms with Crippen molar-refractivity contribution in [3.05, 3.63) is 179 Å². The summed E-state index contributed by atoms with van der Waals surface area (Å²) in [6.07, 6.45) is 0.778. The van der Waals surface area contributed by atoms with Crippen LogP contribution in [0.5, 0.6) is 0 Å². The lowest BCUT2D eigenvalue weighted by Gasteiger charge is -2.43. The van der Waals surface area contributed by atoms with Crippen LogP contribution in [0.25, 0.3) is 33.4 Å². The Morgan fingerprint density at radius 3 is 1.00 bits per heavy atom. The Labute approximate surface area is 274 Å². The lowest BCUT2D eigenvalue weighted by Crippen LogP contribution is -2.42. The number of phosphoric ester groups is 1. The summed E-state index contributed by atoms with van der Waals surface area (Å²) in [6.45, 7) is 0.